The molecule has 1 saturated carbocycles. The Balaban J connectivity index is 1.51. The first-order valence-electron chi connectivity index (χ1n) is 7.64. The molecule has 0 bridgehead atoms. The van der Waals surface area contributed by atoms with Gasteiger partial charge in [-0.3, -0.25) is 4.99 Å². The van der Waals surface area contributed by atoms with Crippen molar-refractivity contribution in [2.45, 2.75) is 44.2 Å². The number of aliphatic imine (C=N–C) groups is 1. The Bertz CT molecular complexity index is 596. The molecule has 3 aliphatic rings. The van der Waals surface area contributed by atoms with Gasteiger partial charge in [0.15, 0.2) is 5.17 Å². The highest BCUT2D eigenvalue weighted by molar-refractivity contribution is 9.10. The maximum absolute atomic E-state index is 5.78. The Morgan fingerprint density at radius 3 is 3.05 bits per heavy atom. The molecule has 4 rings (SSSR count). The summed E-state index contributed by atoms with van der Waals surface area (Å²) in [6.45, 7) is 1.50. The van der Waals surface area contributed by atoms with Gasteiger partial charge in [0.25, 0.3) is 0 Å². The van der Waals surface area contributed by atoms with Crippen LogP contribution in [0.4, 0.5) is 0 Å². The molecule has 1 saturated heterocycles. The summed E-state index contributed by atoms with van der Waals surface area (Å²) in [7, 11) is 0. The molecule has 5 heteroatoms. The smallest absolute Gasteiger partial charge is 0.157 e. The van der Waals surface area contributed by atoms with E-state index in [0.29, 0.717) is 12.1 Å². The lowest BCUT2D eigenvalue weighted by Gasteiger charge is -2.21. The van der Waals surface area contributed by atoms with Gasteiger partial charge in [0.05, 0.1) is 13.2 Å². The van der Waals surface area contributed by atoms with E-state index in [1.807, 2.05) is 11.8 Å². The van der Waals surface area contributed by atoms with Gasteiger partial charge in [-0.15, -0.1) is 0 Å². The fourth-order valence-electron chi connectivity index (χ4n) is 3.53. The third-order valence-electron chi connectivity index (χ3n) is 4.64. The van der Waals surface area contributed by atoms with Gasteiger partial charge in [-0.05, 0) is 30.5 Å². The average Bonchev–Trinajstić information content (AvgIpc) is 3.19. The largest absolute Gasteiger partial charge is 0.493 e. The van der Waals surface area contributed by atoms with Gasteiger partial charge >= 0.3 is 0 Å². The first kappa shape index (κ1) is 13.9. The van der Waals surface area contributed by atoms with Gasteiger partial charge in [0, 0.05) is 27.7 Å². The highest BCUT2D eigenvalue weighted by Gasteiger charge is 2.39. The van der Waals surface area contributed by atoms with Gasteiger partial charge in [0.1, 0.15) is 5.75 Å². The van der Waals surface area contributed by atoms with Gasteiger partial charge < -0.3 is 10.1 Å². The summed E-state index contributed by atoms with van der Waals surface area (Å²) in [6.07, 6.45) is 6.32. The van der Waals surface area contributed by atoms with E-state index in [1.165, 1.54) is 42.6 Å². The molecule has 2 aliphatic heterocycles. The number of benzene rings is 1. The molecule has 0 unspecified atom stereocenters. The van der Waals surface area contributed by atoms with Crippen LogP contribution in [-0.2, 0) is 13.0 Å². The molecule has 3 nitrogen and oxygen atoms in total. The van der Waals surface area contributed by atoms with Crippen molar-refractivity contribution in [3.05, 3.63) is 27.7 Å². The second-order valence-corrected chi connectivity index (χ2v) is 8.05. The molecular formula is C16H19BrN2OS. The second-order valence-electron chi connectivity index (χ2n) is 6.17. The van der Waals surface area contributed by atoms with Gasteiger partial charge in [-0.1, -0.05) is 40.5 Å². The van der Waals surface area contributed by atoms with Gasteiger partial charge in [-0.25, -0.2) is 0 Å². The number of thioether (sulfide) groups is 1. The van der Waals surface area contributed by atoms with E-state index in [2.05, 4.69) is 33.4 Å². The zero-order chi connectivity index (χ0) is 14.3. The number of nitrogens with zero attached hydrogens (tertiary/aromatic N) is 1. The summed E-state index contributed by atoms with van der Waals surface area (Å²) in [5.74, 6) is 2.24. The fourth-order valence-corrected chi connectivity index (χ4v) is 5.30. The molecule has 0 atom stereocenters. The SMILES string of the molecule is Brc1cc2c(c(CN=C3NC4(CCCC4)CS3)c1)OCC2. The first-order chi connectivity index (χ1) is 10.2. The number of halogens is 1. The number of amidine groups is 1. The number of nitrogens with one attached hydrogen (secondary N) is 1. The maximum Gasteiger partial charge on any atom is 0.157 e. The maximum atomic E-state index is 5.78. The van der Waals surface area contributed by atoms with E-state index in [1.54, 1.807) is 0 Å². The third-order valence-corrected chi connectivity index (χ3v) is 6.30. The summed E-state index contributed by atoms with van der Waals surface area (Å²) in [5, 5.41) is 4.79. The van der Waals surface area contributed by atoms with E-state index in [-0.39, 0.29) is 0 Å². The predicted octanol–water partition coefficient (Wildman–Crippen LogP) is 3.89. The number of rotatable bonds is 2. The fraction of sp³-hybridized carbons (Fsp3) is 0.562. The topological polar surface area (TPSA) is 33.6 Å². The molecule has 112 valence electrons. The monoisotopic (exact) mass is 366 g/mol. The lowest BCUT2D eigenvalue weighted by molar-refractivity contribution is 0.353. The van der Waals surface area contributed by atoms with Crippen molar-refractivity contribution in [1.82, 2.24) is 5.32 Å². The van der Waals surface area contributed by atoms with Gasteiger partial charge in [-0.2, -0.15) is 0 Å². The minimum Gasteiger partial charge on any atom is -0.493 e. The highest BCUT2D eigenvalue weighted by Crippen LogP contribution is 2.38. The zero-order valence-corrected chi connectivity index (χ0v) is 14.4. The summed E-state index contributed by atoms with van der Waals surface area (Å²) in [6, 6.07) is 4.30. The quantitative estimate of drug-likeness (QED) is 0.861. The first-order valence-corrected chi connectivity index (χ1v) is 9.42. The van der Waals surface area contributed by atoms with Crippen molar-refractivity contribution >= 4 is 32.9 Å². The summed E-state index contributed by atoms with van der Waals surface area (Å²) in [5.41, 5.74) is 2.84. The molecule has 1 aromatic carbocycles. The Kier molecular flexibility index (Phi) is 3.66. The molecule has 1 aliphatic carbocycles. The van der Waals surface area contributed by atoms with Crippen LogP contribution in [0.15, 0.2) is 21.6 Å². The van der Waals surface area contributed by atoms with Crippen molar-refractivity contribution in [2.24, 2.45) is 4.99 Å². The van der Waals surface area contributed by atoms with Crippen molar-refractivity contribution in [3.8, 4) is 5.75 Å². The highest BCUT2D eigenvalue weighted by atomic mass is 79.9. The molecule has 1 N–H and O–H groups in total. The lowest BCUT2D eigenvalue weighted by atomic mass is 10.0. The standard InChI is InChI=1S/C16H19BrN2OS/c17-13-7-11-3-6-20-14(11)12(8-13)9-18-15-19-16(10-21-15)4-1-2-5-16/h7-8H,1-6,9-10H2,(H,18,19). The van der Waals surface area contributed by atoms with E-state index in [9.17, 15) is 0 Å². The molecule has 21 heavy (non-hydrogen) atoms. The van der Waals surface area contributed by atoms with Crippen LogP contribution >= 0.6 is 27.7 Å². The molecule has 1 spiro atoms. The number of ether oxygens (including phenoxy) is 1. The van der Waals surface area contributed by atoms with Crippen LogP contribution < -0.4 is 10.1 Å². The van der Waals surface area contributed by atoms with Crippen molar-refractivity contribution in [2.75, 3.05) is 12.4 Å². The van der Waals surface area contributed by atoms with Crippen LogP contribution in [0.3, 0.4) is 0 Å². The molecule has 2 heterocycles. The van der Waals surface area contributed by atoms with Crippen molar-refractivity contribution < 1.29 is 4.74 Å². The minimum absolute atomic E-state index is 0.346. The summed E-state index contributed by atoms with van der Waals surface area (Å²) in [4.78, 5) is 4.80. The van der Waals surface area contributed by atoms with Crippen LogP contribution in [0, 0.1) is 0 Å². The molecule has 0 amide bonds. The van der Waals surface area contributed by atoms with Crippen LogP contribution in [0.1, 0.15) is 36.8 Å². The summed E-state index contributed by atoms with van der Waals surface area (Å²) < 4.78 is 6.90. The minimum atomic E-state index is 0.346. The average molecular weight is 367 g/mol. The molecule has 1 aromatic rings. The van der Waals surface area contributed by atoms with Crippen LogP contribution in [0.25, 0.3) is 0 Å². The van der Waals surface area contributed by atoms with E-state index >= 15 is 0 Å². The predicted molar refractivity (Wildman–Crippen MR) is 91.3 cm³/mol. The number of hydrogen-bond acceptors (Lipinski definition) is 3. The van der Waals surface area contributed by atoms with Crippen molar-refractivity contribution in [1.29, 1.82) is 0 Å². The second kappa shape index (κ2) is 5.51. The summed E-state index contributed by atoms with van der Waals surface area (Å²) >= 11 is 5.47. The number of hydrogen-bond donors (Lipinski definition) is 1. The van der Waals surface area contributed by atoms with Crippen LogP contribution in [0.5, 0.6) is 5.75 Å². The van der Waals surface area contributed by atoms with E-state index < -0.39 is 0 Å². The third kappa shape index (κ3) is 2.70. The normalized spacial score (nSPS) is 24.3. The van der Waals surface area contributed by atoms with Crippen LogP contribution in [0.2, 0.25) is 0 Å². The lowest BCUT2D eigenvalue weighted by Crippen LogP contribution is -2.40. The molecule has 0 aromatic heterocycles. The van der Waals surface area contributed by atoms with Gasteiger partial charge in [0.2, 0.25) is 0 Å². The Labute approximate surface area is 138 Å². The Hall–Kier alpha value is -0.680. The molecular weight excluding hydrogens is 348 g/mol. The Morgan fingerprint density at radius 2 is 2.19 bits per heavy atom. The van der Waals surface area contributed by atoms with E-state index in [4.69, 9.17) is 9.73 Å². The van der Waals surface area contributed by atoms with Crippen LogP contribution in [-0.4, -0.2) is 23.1 Å². The molecule has 2 fully saturated rings. The van der Waals surface area contributed by atoms with Crippen molar-refractivity contribution in [3.63, 3.8) is 0 Å². The zero-order valence-electron chi connectivity index (χ0n) is 12.0. The number of fused-ring (bicyclic) bond motifs is 1. The van der Waals surface area contributed by atoms with E-state index in [0.717, 1.165) is 28.4 Å². The molecule has 0 radical (unpaired) electrons. The Morgan fingerprint density at radius 1 is 1.33 bits per heavy atom.